The smallest absolute Gasteiger partial charge is 0.405 e. The van der Waals surface area contributed by atoms with E-state index < -0.39 is 66.3 Å². The van der Waals surface area contributed by atoms with Gasteiger partial charge in [-0.2, -0.15) is 22.0 Å². The second kappa shape index (κ2) is 17.2. The first-order chi connectivity index (χ1) is 23.3. The zero-order valence-electron chi connectivity index (χ0n) is 26.5. The fraction of sp³-hybridized carbons (Fsp3) is 0.333. The first-order valence-corrected chi connectivity index (χ1v) is 15.8. The highest BCUT2D eigenvalue weighted by atomic mass is 35.5. The number of halogens is 8. The van der Waals surface area contributed by atoms with Gasteiger partial charge in [-0.25, -0.2) is 0 Å². The quantitative estimate of drug-likeness (QED) is 0.120. The van der Waals surface area contributed by atoms with Crippen molar-refractivity contribution in [1.82, 2.24) is 16.0 Å². The van der Waals surface area contributed by atoms with Gasteiger partial charge in [0, 0.05) is 11.4 Å². The van der Waals surface area contributed by atoms with E-state index in [1.165, 1.54) is 69.5 Å². The molecule has 0 saturated heterocycles. The van der Waals surface area contributed by atoms with E-state index in [2.05, 4.69) is 10.6 Å². The lowest BCUT2D eigenvalue weighted by atomic mass is 9.94. The molecule has 0 aliphatic rings. The van der Waals surface area contributed by atoms with Crippen LogP contribution in [0.2, 0.25) is 15.1 Å². The molecule has 270 valence electrons. The van der Waals surface area contributed by atoms with Crippen molar-refractivity contribution in [2.75, 3.05) is 13.7 Å². The first-order valence-electron chi connectivity index (χ1n) is 14.7. The molecule has 0 spiro atoms. The Morgan fingerprint density at radius 2 is 1.46 bits per heavy atom. The number of hydrogen-bond donors (Lipinski definition) is 3. The van der Waals surface area contributed by atoms with Crippen molar-refractivity contribution in [2.24, 2.45) is 5.92 Å². The number of Topliss-reactive ketones (excluding diaryl/α,β-unsaturated/α-hetero) is 1. The molecule has 9 nitrogen and oxygen atoms in total. The van der Waals surface area contributed by atoms with E-state index in [1.807, 2.05) is 0 Å². The van der Waals surface area contributed by atoms with Gasteiger partial charge in [0.15, 0.2) is 6.10 Å². The highest BCUT2D eigenvalue weighted by Gasteiger charge is 2.52. The van der Waals surface area contributed by atoms with Crippen LogP contribution >= 0.6 is 34.8 Å². The highest BCUT2D eigenvalue weighted by Crippen LogP contribution is 2.27. The summed E-state index contributed by atoms with van der Waals surface area (Å²) in [5.74, 6) is -12.2. The monoisotopic (exact) mass is 765 g/mol. The Kier molecular flexibility index (Phi) is 13.8. The minimum absolute atomic E-state index is 0.109. The van der Waals surface area contributed by atoms with Gasteiger partial charge in [0.1, 0.15) is 24.1 Å². The molecular weight excluding hydrogens is 736 g/mol. The Bertz CT molecular complexity index is 1690. The minimum Gasteiger partial charge on any atom is -0.497 e. The van der Waals surface area contributed by atoms with E-state index in [-0.39, 0.29) is 27.8 Å². The Morgan fingerprint density at radius 3 is 2.02 bits per heavy atom. The van der Waals surface area contributed by atoms with Crippen molar-refractivity contribution in [2.45, 2.75) is 50.6 Å². The molecule has 50 heavy (non-hydrogen) atoms. The minimum atomic E-state index is -5.03. The summed E-state index contributed by atoms with van der Waals surface area (Å²) in [5, 5.41) is 6.37. The van der Waals surface area contributed by atoms with Gasteiger partial charge in [0.25, 0.3) is 11.8 Å². The van der Waals surface area contributed by atoms with Crippen LogP contribution in [0.3, 0.4) is 0 Å². The molecule has 0 aliphatic carbocycles. The van der Waals surface area contributed by atoms with Gasteiger partial charge in [-0.3, -0.25) is 19.2 Å². The summed E-state index contributed by atoms with van der Waals surface area (Å²) in [5.41, 5.74) is 0.612. The molecule has 3 N–H and O–H groups in total. The van der Waals surface area contributed by atoms with Crippen LogP contribution in [0.1, 0.15) is 31.0 Å². The second-order valence-electron chi connectivity index (χ2n) is 11.2. The molecule has 3 amide bonds. The van der Waals surface area contributed by atoms with Crippen LogP contribution in [0.15, 0.2) is 66.7 Å². The SMILES string of the molecule is COc1ccc([C@H](NC(=O)C(Cc2ccc(Cl)c(Cl)c2)Oc2cccc(Cl)c2)C(=O)N[C@H](C(=O)C(F)(F)C(=O)NCC(F)(F)F)C(C)C)cc1. The van der Waals surface area contributed by atoms with Gasteiger partial charge in [-0.15, -0.1) is 0 Å². The van der Waals surface area contributed by atoms with Gasteiger partial charge >= 0.3 is 12.1 Å². The van der Waals surface area contributed by atoms with Crippen molar-refractivity contribution in [3.05, 3.63) is 92.9 Å². The van der Waals surface area contributed by atoms with Crippen LogP contribution in [0, 0.1) is 5.92 Å². The molecule has 3 atom stereocenters. The Hall–Kier alpha value is -4.14. The zero-order valence-corrected chi connectivity index (χ0v) is 28.8. The molecule has 1 unspecified atom stereocenters. The van der Waals surface area contributed by atoms with E-state index >= 15 is 0 Å². The second-order valence-corrected chi connectivity index (χ2v) is 12.4. The summed E-state index contributed by atoms with van der Waals surface area (Å²) in [7, 11) is 1.38. The number of ether oxygens (including phenoxy) is 2. The predicted molar refractivity (Wildman–Crippen MR) is 176 cm³/mol. The number of hydrogen-bond acceptors (Lipinski definition) is 6. The predicted octanol–water partition coefficient (Wildman–Crippen LogP) is 6.53. The van der Waals surface area contributed by atoms with E-state index in [4.69, 9.17) is 44.3 Å². The van der Waals surface area contributed by atoms with Crippen LogP contribution in [0.25, 0.3) is 0 Å². The van der Waals surface area contributed by atoms with Crippen molar-refractivity contribution in [3.63, 3.8) is 0 Å². The standard InChI is InChI=1S/C33H31Cl3F5N3O6/c1-17(2)26(28(45)33(40,41)31(48)42-16-32(37,38)39)43-30(47)27(19-8-10-21(49-3)11-9-19)44-29(46)25(50-22-6-4-5-20(34)15-22)14-18-7-12-23(35)24(36)13-18/h4-13,15,17,25-27H,14,16H2,1-3H3,(H,42,48)(H,43,47)(H,44,46)/t25?,26-,27-/m0/s1. The van der Waals surface area contributed by atoms with Gasteiger partial charge in [0.2, 0.25) is 11.7 Å². The summed E-state index contributed by atoms with van der Waals surface area (Å²) in [6.07, 6.45) is -6.50. The molecule has 0 fully saturated rings. The maximum absolute atomic E-state index is 14.9. The number of amides is 3. The largest absolute Gasteiger partial charge is 0.497 e. The van der Waals surface area contributed by atoms with Crippen LogP contribution in [0.5, 0.6) is 11.5 Å². The molecule has 0 heterocycles. The Morgan fingerprint density at radius 1 is 0.800 bits per heavy atom. The first kappa shape index (κ1) is 40.3. The Labute approximate surface area is 298 Å². The van der Waals surface area contributed by atoms with Crippen molar-refractivity contribution < 1.29 is 50.6 Å². The summed E-state index contributed by atoms with van der Waals surface area (Å²) in [6, 6.07) is 12.6. The summed E-state index contributed by atoms with van der Waals surface area (Å²) in [6.45, 7) is 0.416. The lowest BCUT2D eigenvalue weighted by Gasteiger charge is -2.28. The lowest BCUT2D eigenvalue weighted by molar-refractivity contribution is -0.165. The zero-order chi connectivity index (χ0) is 37.4. The van der Waals surface area contributed by atoms with Crippen molar-refractivity contribution >= 4 is 58.3 Å². The molecule has 0 aromatic heterocycles. The number of methoxy groups -OCH3 is 1. The van der Waals surface area contributed by atoms with Crippen molar-refractivity contribution in [3.8, 4) is 11.5 Å². The van der Waals surface area contributed by atoms with Crippen LogP contribution in [-0.4, -0.2) is 61.4 Å². The van der Waals surface area contributed by atoms with Gasteiger partial charge in [-0.1, -0.05) is 72.9 Å². The average Bonchev–Trinajstić information content (AvgIpc) is 3.05. The van der Waals surface area contributed by atoms with E-state index in [0.717, 1.165) is 5.32 Å². The molecule has 17 heteroatoms. The number of ketones is 1. The van der Waals surface area contributed by atoms with Gasteiger partial charge < -0.3 is 25.4 Å². The number of carbonyl (C=O) groups excluding carboxylic acids is 4. The van der Waals surface area contributed by atoms with Crippen LogP contribution < -0.4 is 25.4 Å². The maximum Gasteiger partial charge on any atom is 0.405 e. The fourth-order valence-electron chi connectivity index (χ4n) is 4.48. The molecule has 3 aromatic rings. The summed E-state index contributed by atoms with van der Waals surface area (Å²) < 4.78 is 78.5. The number of carbonyl (C=O) groups is 4. The van der Waals surface area contributed by atoms with E-state index in [9.17, 15) is 41.1 Å². The number of alkyl halides is 5. The topological polar surface area (TPSA) is 123 Å². The van der Waals surface area contributed by atoms with E-state index in [1.54, 1.807) is 18.2 Å². The maximum atomic E-state index is 14.9. The molecule has 0 saturated carbocycles. The molecule has 3 rings (SSSR count). The molecule has 0 radical (unpaired) electrons. The number of rotatable bonds is 15. The Balaban J connectivity index is 1.97. The third-order valence-corrected chi connectivity index (χ3v) is 8.03. The molecule has 0 bridgehead atoms. The van der Waals surface area contributed by atoms with Gasteiger partial charge in [0.05, 0.1) is 23.2 Å². The summed E-state index contributed by atoms with van der Waals surface area (Å²) >= 11 is 18.3. The van der Waals surface area contributed by atoms with Crippen LogP contribution in [-0.2, 0) is 25.6 Å². The number of benzene rings is 3. The van der Waals surface area contributed by atoms with Crippen LogP contribution in [0.4, 0.5) is 22.0 Å². The lowest BCUT2D eigenvalue weighted by Crippen LogP contribution is -2.58. The van der Waals surface area contributed by atoms with Crippen molar-refractivity contribution in [1.29, 1.82) is 0 Å². The third-order valence-electron chi connectivity index (χ3n) is 7.06. The average molecular weight is 767 g/mol. The molecule has 3 aromatic carbocycles. The normalized spacial score (nSPS) is 13.5. The van der Waals surface area contributed by atoms with Gasteiger partial charge in [-0.05, 0) is 59.5 Å². The molecule has 0 aliphatic heterocycles. The highest BCUT2D eigenvalue weighted by molar-refractivity contribution is 6.42. The third kappa shape index (κ3) is 11.2. The van der Waals surface area contributed by atoms with E-state index in [0.29, 0.717) is 16.3 Å². The fourth-order valence-corrected chi connectivity index (χ4v) is 4.98. The summed E-state index contributed by atoms with van der Waals surface area (Å²) in [4.78, 5) is 52.5. The molecular formula is C33H31Cl3F5N3O6. The number of nitrogens with one attached hydrogen (secondary N) is 3.